The fourth-order valence-electron chi connectivity index (χ4n) is 3.46. The zero-order chi connectivity index (χ0) is 18.1. The molecule has 0 saturated carbocycles. The van der Waals surface area contributed by atoms with Gasteiger partial charge in [-0.3, -0.25) is 4.90 Å². The highest BCUT2D eigenvalue weighted by atomic mass is 16.3. The molecule has 7 heteroatoms. The van der Waals surface area contributed by atoms with Crippen molar-refractivity contribution in [3.63, 3.8) is 0 Å². The first-order valence-electron chi connectivity index (χ1n) is 8.90. The van der Waals surface area contributed by atoms with E-state index < -0.39 is 0 Å². The Morgan fingerprint density at radius 2 is 1.92 bits per heavy atom. The molecule has 1 aliphatic heterocycles. The molecule has 0 N–H and O–H groups in total. The van der Waals surface area contributed by atoms with Crippen molar-refractivity contribution in [1.82, 2.24) is 19.9 Å². The van der Waals surface area contributed by atoms with Crippen LogP contribution >= 0.6 is 0 Å². The third kappa shape index (κ3) is 3.35. The first kappa shape index (κ1) is 16.8. The third-order valence-electron chi connectivity index (χ3n) is 4.81. The lowest BCUT2D eigenvalue weighted by atomic mass is 10.1. The lowest BCUT2D eigenvalue weighted by Crippen LogP contribution is -2.46. The Morgan fingerprint density at radius 1 is 1.12 bits per heavy atom. The van der Waals surface area contributed by atoms with Gasteiger partial charge < -0.3 is 14.2 Å². The lowest BCUT2D eigenvalue weighted by molar-refractivity contribution is 0.247. The molecule has 0 atom stereocenters. The van der Waals surface area contributed by atoms with Crippen molar-refractivity contribution in [2.45, 2.75) is 13.5 Å². The van der Waals surface area contributed by atoms with E-state index in [4.69, 9.17) is 4.42 Å². The molecule has 1 fully saturated rings. The summed E-state index contributed by atoms with van der Waals surface area (Å²) in [5, 5.41) is 1.09. The summed E-state index contributed by atoms with van der Waals surface area (Å²) in [6.07, 6.45) is 3.38. The second-order valence-electron chi connectivity index (χ2n) is 6.91. The lowest BCUT2D eigenvalue weighted by Gasteiger charge is -2.35. The molecule has 0 amide bonds. The van der Waals surface area contributed by atoms with Gasteiger partial charge in [0.15, 0.2) is 5.89 Å². The van der Waals surface area contributed by atoms with Crippen LogP contribution in [-0.4, -0.2) is 60.1 Å². The summed E-state index contributed by atoms with van der Waals surface area (Å²) in [6, 6.07) is 6.45. The molecule has 0 spiro atoms. The number of anilines is 2. The number of fused-ring (bicyclic) bond motifs is 1. The van der Waals surface area contributed by atoms with E-state index in [2.05, 4.69) is 43.0 Å². The largest absolute Gasteiger partial charge is 0.449 e. The Morgan fingerprint density at radius 3 is 2.62 bits per heavy atom. The van der Waals surface area contributed by atoms with E-state index in [0.29, 0.717) is 0 Å². The first-order chi connectivity index (χ1) is 12.6. The van der Waals surface area contributed by atoms with Crippen molar-refractivity contribution in [2.24, 2.45) is 0 Å². The Labute approximate surface area is 153 Å². The van der Waals surface area contributed by atoms with Gasteiger partial charge in [-0.15, -0.1) is 0 Å². The molecular formula is C19H24N6O. The molecule has 0 bridgehead atoms. The molecule has 0 unspecified atom stereocenters. The highest BCUT2D eigenvalue weighted by molar-refractivity contribution is 5.91. The fraction of sp³-hybridized carbons (Fsp3) is 0.421. The first-order valence-corrected chi connectivity index (χ1v) is 8.90. The van der Waals surface area contributed by atoms with E-state index in [1.165, 1.54) is 5.69 Å². The number of hydrogen-bond donors (Lipinski definition) is 0. The van der Waals surface area contributed by atoms with E-state index in [-0.39, 0.29) is 0 Å². The quantitative estimate of drug-likeness (QED) is 0.714. The Hall–Kier alpha value is -2.67. The fourth-order valence-corrected chi connectivity index (χ4v) is 3.46. The maximum absolute atomic E-state index is 5.30. The van der Waals surface area contributed by atoms with Crippen LogP contribution in [0.25, 0.3) is 10.9 Å². The van der Waals surface area contributed by atoms with E-state index in [1.807, 2.05) is 25.9 Å². The molecular weight excluding hydrogens is 328 g/mol. The van der Waals surface area contributed by atoms with Crippen LogP contribution in [0.3, 0.4) is 0 Å². The molecule has 2 aromatic heterocycles. The van der Waals surface area contributed by atoms with Crippen LogP contribution in [0.1, 0.15) is 11.6 Å². The molecule has 0 radical (unpaired) electrons. The van der Waals surface area contributed by atoms with Crippen molar-refractivity contribution in [1.29, 1.82) is 0 Å². The molecule has 3 heterocycles. The van der Waals surface area contributed by atoms with Gasteiger partial charge in [0.25, 0.3) is 0 Å². The van der Waals surface area contributed by atoms with Crippen LogP contribution in [0, 0.1) is 6.92 Å². The smallest absolute Gasteiger partial charge is 0.191 e. The van der Waals surface area contributed by atoms with Gasteiger partial charge in [0.05, 0.1) is 11.2 Å². The van der Waals surface area contributed by atoms with Gasteiger partial charge in [-0.25, -0.2) is 15.0 Å². The number of hydrogen-bond acceptors (Lipinski definition) is 7. The normalized spacial score (nSPS) is 15.6. The van der Waals surface area contributed by atoms with E-state index >= 15 is 0 Å². The second kappa shape index (κ2) is 6.92. The predicted molar refractivity (Wildman–Crippen MR) is 103 cm³/mol. The number of aryl methyl sites for hydroxylation is 1. The zero-order valence-electron chi connectivity index (χ0n) is 15.5. The van der Waals surface area contributed by atoms with Gasteiger partial charge >= 0.3 is 0 Å². The molecule has 1 aliphatic rings. The second-order valence-corrected chi connectivity index (χ2v) is 6.91. The number of nitrogens with zero attached hydrogens (tertiary/aromatic N) is 6. The van der Waals surface area contributed by atoms with Gasteiger partial charge in [-0.2, -0.15) is 0 Å². The number of piperazine rings is 1. The van der Waals surface area contributed by atoms with Gasteiger partial charge in [0.2, 0.25) is 0 Å². The summed E-state index contributed by atoms with van der Waals surface area (Å²) in [5.41, 5.74) is 3.22. The van der Waals surface area contributed by atoms with Crippen LogP contribution < -0.4 is 9.80 Å². The van der Waals surface area contributed by atoms with Crippen molar-refractivity contribution in [3.8, 4) is 0 Å². The molecule has 7 nitrogen and oxygen atoms in total. The van der Waals surface area contributed by atoms with E-state index in [1.54, 1.807) is 12.6 Å². The molecule has 1 saturated heterocycles. The molecule has 4 rings (SSSR count). The van der Waals surface area contributed by atoms with Gasteiger partial charge in [-0.1, -0.05) is 0 Å². The predicted octanol–water partition coefficient (Wildman–Crippen LogP) is 2.31. The maximum atomic E-state index is 5.30. The minimum absolute atomic E-state index is 0.730. The SMILES string of the molecule is Cc1nc(CN2CCN(c3ccc4ncnc(N(C)C)c4c3)CC2)co1. The summed E-state index contributed by atoms with van der Waals surface area (Å²) < 4.78 is 5.30. The molecule has 0 aliphatic carbocycles. The zero-order valence-corrected chi connectivity index (χ0v) is 15.5. The molecule has 26 heavy (non-hydrogen) atoms. The van der Waals surface area contributed by atoms with E-state index in [9.17, 15) is 0 Å². The Kier molecular flexibility index (Phi) is 4.46. The average molecular weight is 352 g/mol. The number of rotatable bonds is 4. The average Bonchev–Trinajstić information content (AvgIpc) is 3.06. The van der Waals surface area contributed by atoms with Crippen molar-refractivity contribution in [3.05, 3.63) is 42.4 Å². The Bertz CT molecular complexity index is 898. The van der Waals surface area contributed by atoms with Gasteiger partial charge in [-0.05, 0) is 18.2 Å². The maximum Gasteiger partial charge on any atom is 0.191 e. The number of benzene rings is 1. The number of oxazole rings is 1. The van der Waals surface area contributed by atoms with Crippen molar-refractivity contribution >= 4 is 22.4 Å². The summed E-state index contributed by atoms with van der Waals surface area (Å²) in [5.74, 6) is 1.69. The van der Waals surface area contributed by atoms with Crippen LogP contribution in [0.5, 0.6) is 0 Å². The highest BCUT2D eigenvalue weighted by Gasteiger charge is 2.19. The van der Waals surface area contributed by atoms with E-state index in [0.717, 1.165) is 61.0 Å². The summed E-state index contributed by atoms with van der Waals surface area (Å²) in [6.45, 7) is 6.74. The molecule has 136 valence electrons. The number of aromatic nitrogens is 3. The van der Waals surface area contributed by atoms with Crippen molar-refractivity contribution < 1.29 is 4.42 Å². The van der Waals surface area contributed by atoms with Gasteiger partial charge in [0, 0.05) is 64.8 Å². The standard InChI is InChI=1S/C19H24N6O/c1-14-22-15(12-26-14)11-24-6-8-25(9-7-24)16-4-5-18-17(10-16)19(23(2)3)21-13-20-18/h4-5,10,12-13H,6-9,11H2,1-3H3. The summed E-state index contributed by atoms with van der Waals surface area (Å²) in [7, 11) is 4.03. The topological polar surface area (TPSA) is 61.5 Å². The van der Waals surface area contributed by atoms with Gasteiger partial charge in [0.1, 0.15) is 18.4 Å². The summed E-state index contributed by atoms with van der Waals surface area (Å²) in [4.78, 5) is 20.1. The highest BCUT2D eigenvalue weighted by Crippen LogP contribution is 2.27. The minimum Gasteiger partial charge on any atom is -0.449 e. The third-order valence-corrected chi connectivity index (χ3v) is 4.81. The Balaban J connectivity index is 1.48. The molecule has 1 aromatic carbocycles. The molecule has 3 aromatic rings. The van der Waals surface area contributed by atoms with Crippen LogP contribution in [-0.2, 0) is 6.54 Å². The van der Waals surface area contributed by atoms with Crippen LogP contribution in [0.4, 0.5) is 11.5 Å². The van der Waals surface area contributed by atoms with Crippen LogP contribution in [0.2, 0.25) is 0 Å². The summed E-state index contributed by atoms with van der Waals surface area (Å²) >= 11 is 0. The minimum atomic E-state index is 0.730. The van der Waals surface area contributed by atoms with Crippen LogP contribution in [0.15, 0.2) is 35.2 Å². The van der Waals surface area contributed by atoms with Crippen molar-refractivity contribution in [2.75, 3.05) is 50.1 Å². The monoisotopic (exact) mass is 352 g/mol.